The van der Waals surface area contributed by atoms with Crippen molar-refractivity contribution in [2.45, 2.75) is 0 Å². The maximum Gasteiger partial charge on any atom is 0.263 e. The summed E-state index contributed by atoms with van der Waals surface area (Å²) in [7, 11) is 1.60. The lowest BCUT2D eigenvalue weighted by Gasteiger charge is -2.29. The molecule has 0 saturated carbocycles. The second-order valence-corrected chi connectivity index (χ2v) is 9.36. The topological polar surface area (TPSA) is 54.9 Å². The van der Waals surface area contributed by atoms with Crippen LogP contribution in [0.4, 0.5) is 5.13 Å². The zero-order valence-corrected chi connectivity index (χ0v) is 21.1. The molecule has 1 aliphatic heterocycles. The van der Waals surface area contributed by atoms with Gasteiger partial charge in [-0.3, -0.25) is 14.6 Å². The van der Waals surface area contributed by atoms with Gasteiger partial charge < -0.3 is 9.47 Å². The molecule has 1 aliphatic rings. The van der Waals surface area contributed by atoms with Gasteiger partial charge in [0.1, 0.15) is 5.75 Å². The van der Waals surface area contributed by atoms with Crippen LogP contribution in [0.2, 0.25) is 5.02 Å². The molecule has 1 fully saturated rings. The number of rotatable bonds is 6. The molecule has 34 heavy (non-hydrogen) atoms. The highest BCUT2D eigenvalue weighted by Gasteiger charge is 2.25. The van der Waals surface area contributed by atoms with Crippen LogP contribution >= 0.6 is 35.3 Å². The van der Waals surface area contributed by atoms with Crippen molar-refractivity contribution in [1.82, 2.24) is 9.88 Å². The molecule has 2 heterocycles. The van der Waals surface area contributed by atoms with E-state index in [1.807, 2.05) is 54.6 Å². The molecule has 1 amide bonds. The molecule has 5 rings (SSSR count). The first kappa shape index (κ1) is 24.7. The van der Waals surface area contributed by atoms with E-state index in [9.17, 15) is 4.79 Å². The maximum atomic E-state index is 13.9. The van der Waals surface area contributed by atoms with Gasteiger partial charge in [0.25, 0.3) is 5.91 Å². The molecule has 0 unspecified atom stereocenters. The average Bonchev–Trinajstić information content (AvgIpc) is 3.26. The highest BCUT2D eigenvalue weighted by molar-refractivity contribution is 7.22. The van der Waals surface area contributed by atoms with Gasteiger partial charge in [-0.25, -0.2) is 4.98 Å². The highest BCUT2D eigenvalue weighted by Crippen LogP contribution is 2.33. The molecule has 4 aromatic rings. The van der Waals surface area contributed by atoms with Gasteiger partial charge in [-0.1, -0.05) is 47.2 Å². The number of aromatic nitrogens is 1. The summed E-state index contributed by atoms with van der Waals surface area (Å²) in [5, 5.41) is 3.33. The van der Waals surface area contributed by atoms with Crippen LogP contribution in [0.15, 0.2) is 54.6 Å². The van der Waals surface area contributed by atoms with E-state index in [-0.39, 0.29) is 18.3 Å². The van der Waals surface area contributed by atoms with Crippen LogP contribution in [-0.4, -0.2) is 62.3 Å². The first-order valence-corrected chi connectivity index (χ1v) is 12.1. The largest absolute Gasteiger partial charge is 0.496 e. The maximum absolute atomic E-state index is 13.9. The molecule has 178 valence electrons. The summed E-state index contributed by atoms with van der Waals surface area (Å²) in [6, 6.07) is 17.4. The van der Waals surface area contributed by atoms with E-state index in [4.69, 9.17) is 26.1 Å². The fourth-order valence-electron chi connectivity index (χ4n) is 4.05. The standard InChI is InChI=1S/C25H24ClN3O3S.ClH/c1-31-22-15-18-5-3-2-4-17(18)14-20(22)24(30)29(9-8-28-10-12-32-13-11-28)25-27-21-7-6-19(26)16-23(21)33-25;/h2-7,14-16H,8-13H2,1H3;1H. The Labute approximate surface area is 213 Å². The summed E-state index contributed by atoms with van der Waals surface area (Å²) in [4.78, 5) is 22.8. The Bertz CT molecular complexity index is 1310. The monoisotopic (exact) mass is 517 g/mol. The van der Waals surface area contributed by atoms with Crippen LogP contribution in [0.3, 0.4) is 0 Å². The van der Waals surface area contributed by atoms with E-state index >= 15 is 0 Å². The third-order valence-electron chi connectivity index (χ3n) is 5.86. The predicted octanol–water partition coefficient (Wildman–Crippen LogP) is 5.51. The molecule has 0 radical (unpaired) electrons. The van der Waals surface area contributed by atoms with Gasteiger partial charge in [-0.15, -0.1) is 12.4 Å². The number of nitrogens with zero attached hydrogens (tertiary/aromatic N) is 3. The first-order valence-electron chi connectivity index (χ1n) is 10.9. The number of carbonyl (C=O) groups excluding carboxylic acids is 1. The second-order valence-electron chi connectivity index (χ2n) is 7.92. The first-order chi connectivity index (χ1) is 16.1. The Balaban J connectivity index is 0.00000274. The number of hydrogen-bond acceptors (Lipinski definition) is 6. The number of benzene rings is 3. The van der Waals surface area contributed by atoms with Crippen LogP contribution in [0.25, 0.3) is 21.0 Å². The second kappa shape index (κ2) is 10.9. The van der Waals surface area contributed by atoms with Crippen LogP contribution in [0.1, 0.15) is 10.4 Å². The Kier molecular flexibility index (Phi) is 7.91. The number of halogens is 2. The molecule has 3 aromatic carbocycles. The number of fused-ring (bicyclic) bond motifs is 2. The molecule has 0 atom stereocenters. The molecule has 9 heteroatoms. The van der Waals surface area contributed by atoms with Crippen molar-refractivity contribution in [3.63, 3.8) is 0 Å². The molecule has 6 nitrogen and oxygen atoms in total. The lowest BCUT2D eigenvalue weighted by atomic mass is 10.0. The smallest absolute Gasteiger partial charge is 0.263 e. The zero-order valence-electron chi connectivity index (χ0n) is 18.7. The van der Waals surface area contributed by atoms with E-state index in [0.717, 1.165) is 40.6 Å². The predicted molar refractivity (Wildman–Crippen MR) is 141 cm³/mol. The lowest BCUT2D eigenvalue weighted by Crippen LogP contribution is -2.43. The summed E-state index contributed by atoms with van der Waals surface area (Å²) < 4.78 is 12.0. The number of ether oxygens (including phenoxy) is 2. The Hall–Kier alpha value is -2.42. The van der Waals surface area contributed by atoms with E-state index in [1.165, 1.54) is 11.3 Å². The van der Waals surface area contributed by atoms with Crippen LogP contribution < -0.4 is 9.64 Å². The van der Waals surface area contributed by atoms with Crippen LogP contribution in [-0.2, 0) is 4.74 Å². The Morgan fingerprint density at radius 3 is 2.62 bits per heavy atom. The van der Waals surface area contributed by atoms with Crippen molar-refractivity contribution in [2.24, 2.45) is 0 Å². The summed E-state index contributed by atoms with van der Waals surface area (Å²) >= 11 is 7.66. The molecule has 0 N–H and O–H groups in total. The number of amides is 1. The minimum Gasteiger partial charge on any atom is -0.496 e. The van der Waals surface area contributed by atoms with Gasteiger partial charge in [0.2, 0.25) is 0 Å². The summed E-state index contributed by atoms with van der Waals surface area (Å²) in [6.07, 6.45) is 0. The third kappa shape index (κ3) is 5.14. The van der Waals surface area contributed by atoms with E-state index in [2.05, 4.69) is 4.90 Å². The summed E-state index contributed by atoms with van der Waals surface area (Å²) in [5.74, 6) is 0.426. The fourth-order valence-corrected chi connectivity index (χ4v) is 5.32. The molecule has 0 bridgehead atoms. The normalized spacial score (nSPS) is 14.2. The number of methoxy groups -OCH3 is 1. The third-order valence-corrected chi connectivity index (χ3v) is 7.13. The highest BCUT2D eigenvalue weighted by atomic mass is 35.5. The van der Waals surface area contributed by atoms with Crippen molar-refractivity contribution in [1.29, 1.82) is 0 Å². The molecule has 1 aromatic heterocycles. The van der Waals surface area contributed by atoms with Crippen molar-refractivity contribution in [2.75, 3.05) is 51.4 Å². The summed E-state index contributed by atoms with van der Waals surface area (Å²) in [5.41, 5.74) is 1.35. The quantitative estimate of drug-likeness (QED) is 0.337. The summed E-state index contributed by atoms with van der Waals surface area (Å²) in [6.45, 7) is 4.40. The van der Waals surface area contributed by atoms with E-state index < -0.39 is 0 Å². The Morgan fingerprint density at radius 1 is 1.15 bits per heavy atom. The van der Waals surface area contributed by atoms with Crippen LogP contribution in [0, 0.1) is 0 Å². The van der Waals surface area contributed by atoms with Gasteiger partial charge in [0.15, 0.2) is 5.13 Å². The van der Waals surface area contributed by atoms with Crippen molar-refractivity contribution >= 4 is 67.4 Å². The van der Waals surface area contributed by atoms with Crippen LogP contribution in [0.5, 0.6) is 5.75 Å². The minimum atomic E-state index is -0.129. The minimum absolute atomic E-state index is 0. The van der Waals surface area contributed by atoms with Gasteiger partial charge in [0, 0.05) is 31.2 Å². The van der Waals surface area contributed by atoms with Gasteiger partial charge >= 0.3 is 0 Å². The van der Waals surface area contributed by atoms with Crippen molar-refractivity contribution in [3.05, 3.63) is 65.2 Å². The average molecular weight is 518 g/mol. The molecular weight excluding hydrogens is 493 g/mol. The molecule has 0 spiro atoms. The molecule has 0 aliphatic carbocycles. The zero-order chi connectivity index (χ0) is 22.8. The van der Waals surface area contributed by atoms with E-state index in [0.29, 0.717) is 41.2 Å². The van der Waals surface area contributed by atoms with Crippen molar-refractivity contribution in [3.8, 4) is 5.75 Å². The SMILES string of the molecule is COc1cc2ccccc2cc1C(=O)N(CCN1CCOCC1)c1nc2ccc(Cl)cc2s1.Cl. The number of hydrogen-bond donors (Lipinski definition) is 0. The van der Waals surface area contributed by atoms with Gasteiger partial charge in [-0.2, -0.15) is 0 Å². The van der Waals surface area contributed by atoms with Crippen molar-refractivity contribution < 1.29 is 14.3 Å². The molecular formula is C25H25Cl2N3O3S. The lowest BCUT2D eigenvalue weighted by molar-refractivity contribution is 0.0391. The number of thiazole rings is 1. The van der Waals surface area contributed by atoms with Gasteiger partial charge in [-0.05, 0) is 41.1 Å². The van der Waals surface area contributed by atoms with E-state index in [1.54, 1.807) is 12.0 Å². The number of anilines is 1. The van der Waals surface area contributed by atoms with Gasteiger partial charge in [0.05, 0.1) is 36.1 Å². The fraction of sp³-hybridized carbons (Fsp3) is 0.280. The molecule has 1 saturated heterocycles. The number of carbonyl (C=O) groups is 1. The Morgan fingerprint density at radius 2 is 1.88 bits per heavy atom. The number of morpholine rings is 1.